The molecular formula is C25H17NO8. The van der Waals surface area contributed by atoms with Crippen LogP contribution >= 0.6 is 0 Å². The Labute approximate surface area is 193 Å². The fourth-order valence-electron chi connectivity index (χ4n) is 3.85. The number of benzene rings is 3. The highest BCUT2D eigenvalue weighted by atomic mass is 16.6. The van der Waals surface area contributed by atoms with Crippen molar-refractivity contribution in [3.63, 3.8) is 0 Å². The molecule has 1 aliphatic carbocycles. The van der Waals surface area contributed by atoms with Crippen LogP contribution in [0.15, 0.2) is 54.6 Å². The normalized spacial score (nSPS) is 11.9. The van der Waals surface area contributed by atoms with Gasteiger partial charge in [0.2, 0.25) is 5.78 Å². The quantitative estimate of drug-likeness (QED) is 0.183. The highest BCUT2D eigenvalue weighted by molar-refractivity contribution is 6.30. The van der Waals surface area contributed by atoms with Crippen molar-refractivity contribution in [3.05, 3.63) is 104 Å². The van der Waals surface area contributed by atoms with E-state index in [1.165, 1.54) is 38.3 Å². The van der Waals surface area contributed by atoms with E-state index in [2.05, 4.69) is 0 Å². The third kappa shape index (κ3) is 3.73. The van der Waals surface area contributed by atoms with Crippen LogP contribution in [0.4, 0.5) is 5.69 Å². The number of nitrogens with zero attached hydrogens (tertiary/aromatic N) is 1. The zero-order chi connectivity index (χ0) is 24.6. The van der Waals surface area contributed by atoms with Crippen molar-refractivity contribution in [1.29, 1.82) is 0 Å². The Morgan fingerprint density at radius 1 is 0.941 bits per heavy atom. The molecule has 0 N–H and O–H groups in total. The van der Waals surface area contributed by atoms with Gasteiger partial charge in [0.15, 0.2) is 11.6 Å². The van der Waals surface area contributed by atoms with Crippen LogP contribution in [0.1, 0.15) is 65.0 Å². The maximum absolute atomic E-state index is 13.1. The minimum Gasteiger partial charge on any atom is -0.496 e. The molecule has 34 heavy (non-hydrogen) atoms. The summed E-state index contributed by atoms with van der Waals surface area (Å²) in [5, 5.41) is 11.9. The number of fused-ring (bicyclic) bond motifs is 2. The van der Waals surface area contributed by atoms with Crippen LogP contribution in [0.2, 0.25) is 0 Å². The van der Waals surface area contributed by atoms with Crippen molar-refractivity contribution >= 4 is 29.0 Å². The third-order valence-corrected chi connectivity index (χ3v) is 5.51. The number of ketones is 3. The first-order valence-corrected chi connectivity index (χ1v) is 10.1. The van der Waals surface area contributed by atoms with Gasteiger partial charge in [-0.3, -0.25) is 24.5 Å². The molecule has 0 bridgehead atoms. The van der Waals surface area contributed by atoms with E-state index in [1.54, 1.807) is 24.3 Å². The summed E-state index contributed by atoms with van der Waals surface area (Å²) in [6, 6.07) is 12.9. The molecule has 0 saturated carbocycles. The first-order chi connectivity index (χ1) is 16.2. The number of esters is 1. The Bertz CT molecular complexity index is 1410. The summed E-state index contributed by atoms with van der Waals surface area (Å²) in [4.78, 5) is 61.5. The largest absolute Gasteiger partial charge is 0.496 e. The van der Waals surface area contributed by atoms with Gasteiger partial charge >= 0.3 is 5.97 Å². The number of carbonyl (C=O) groups is 4. The van der Waals surface area contributed by atoms with E-state index in [0.29, 0.717) is 16.9 Å². The Kier molecular flexibility index (Phi) is 5.77. The van der Waals surface area contributed by atoms with Gasteiger partial charge in [0.1, 0.15) is 23.5 Å². The van der Waals surface area contributed by atoms with E-state index in [0.717, 1.165) is 6.07 Å². The third-order valence-electron chi connectivity index (χ3n) is 5.51. The van der Waals surface area contributed by atoms with Crippen LogP contribution in [-0.2, 0) is 11.3 Å². The molecule has 0 atom stereocenters. The molecule has 1 aliphatic rings. The summed E-state index contributed by atoms with van der Waals surface area (Å²) < 4.78 is 10.5. The van der Waals surface area contributed by atoms with Gasteiger partial charge in [0.05, 0.1) is 12.0 Å². The molecule has 0 unspecified atom stereocenters. The van der Waals surface area contributed by atoms with E-state index in [-0.39, 0.29) is 29.1 Å². The molecule has 0 aromatic heterocycles. The Balaban J connectivity index is 1.73. The second-order valence-electron chi connectivity index (χ2n) is 7.50. The zero-order valence-electron chi connectivity index (χ0n) is 18.1. The second kappa shape index (κ2) is 8.70. The lowest BCUT2D eigenvalue weighted by Gasteiger charge is -2.18. The van der Waals surface area contributed by atoms with Crippen molar-refractivity contribution in [1.82, 2.24) is 0 Å². The van der Waals surface area contributed by atoms with Crippen molar-refractivity contribution in [3.8, 4) is 5.75 Å². The van der Waals surface area contributed by atoms with Gasteiger partial charge in [-0.1, -0.05) is 24.3 Å². The summed E-state index contributed by atoms with van der Waals surface area (Å²) in [6.07, 6.45) is 0. The molecule has 0 aliphatic heterocycles. The number of hydrogen-bond acceptors (Lipinski definition) is 8. The monoisotopic (exact) mass is 459 g/mol. The molecule has 9 heteroatoms. The average Bonchev–Trinajstić information content (AvgIpc) is 2.84. The maximum atomic E-state index is 13.1. The number of carbonyl (C=O) groups excluding carboxylic acids is 4. The summed E-state index contributed by atoms with van der Waals surface area (Å²) in [7, 11) is 1.41. The summed E-state index contributed by atoms with van der Waals surface area (Å²) in [5.74, 6) is -2.18. The lowest BCUT2D eigenvalue weighted by Crippen LogP contribution is -2.23. The topological polar surface area (TPSA) is 130 Å². The average molecular weight is 459 g/mol. The first-order valence-electron chi connectivity index (χ1n) is 10.1. The molecule has 0 spiro atoms. The second-order valence-corrected chi connectivity index (χ2v) is 7.50. The Morgan fingerprint density at radius 2 is 1.62 bits per heavy atom. The minimum atomic E-state index is -1.07. The number of methoxy groups -OCH3 is 1. The number of Topliss-reactive ketones (excluding diaryl/α,β-unsaturated/α-hetero) is 1. The number of rotatable bonds is 6. The number of ether oxygens (including phenoxy) is 2. The molecular weight excluding hydrogens is 442 g/mol. The van der Waals surface area contributed by atoms with Gasteiger partial charge in [-0.25, -0.2) is 4.79 Å². The molecule has 3 aromatic rings. The van der Waals surface area contributed by atoms with Crippen molar-refractivity contribution in [2.75, 3.05) is 7.11 Å². The lowest BCUT2D eigenvalue weighted by molar-refractivity contribution is -0.385. The standard InChI is InChI=1S/C25H17NO8/c1-13(27)14-7-10-20(33-2)15(11-14)12-34-25(30)19-9-8-18-21(22(19)26(31)32)24(29)17-6-4-3-5-16(17)23(18)28/h3-11H,12H2,1-2H3. The van der Waals surface area contributed by atoms with Crippen LogP contribution < -0.4 is 4.74 Å². The van der Waals surface area contributed by atoms with Crippen molar-refractivity contribution < 1.29 is 33.6 Å². The molecule has 0 fully saturated rings. The fourth-order valence-corrected chi connectivity index (χ4v) is 3.85. The molecule has 170 valence electrons. The Morgan fingerprint density at radius 3 is 2.24 bits per heavy atom. The van der Waals surface area contributed by atoms with E-state index >= 15 is 0 Å². The number of nitro groups is 1. The van der Waals surface area contributed by atoms with Gasteiger partial charge in [-0.05, 0) is 37.3 Å². The van der Waals surface area contributed by atoms with Gasteiger partial charge in [0.25, 0.3) is 5.69 Å². The number of hydrogen-bond donors (Lipinski definition) is 0. The van der Waals surface area contributed by atoms with Gasteiger partial charge in [0, 0.05) is 27.8 Å². The predicted molar refractivity (Wildman–Crippen MR) is 119 cm³/mol. The van der Waals surface area contributed by atoms with Gasteiger partial charge in [-0.2, -0.15) is 0 Å². The lowest BCUT2D eigenvalue weighted by atomic mass is 9.82. The summed E-state index contributed by atoms with van der Waals surface area (Å²) in [6.45, 7) is 1.04. The van der Waals surface area contributed by atoms with E-state index < -0.39 is 39.3 Å². The van der Waals surface area contributed by atoms with Crippen LogP contribution in [0, 0.1) is 10.1 Å². The van der Waals surface area contributed by atoms with Gasteiger partial charge in [-0.15, -0.1) is 0 Å². The van der Waals surface area contributed by atoms with Gasteiger partial charge < -0.3 is 9.47 Å². The highest BCUT2D eigenvalue weighted by Gasteiger charge is 2.39. The molecule has 4 rings (SSSR count). The molecule has 3 aromatic carbocycles. The predicted octanol–water partition coefficient (Wildman–Crippen LogP) is 3.94. The molecule has 0 heterocycles. The Hall–Kier alpha value is -4.66. The SMILES string of the molecule is COc1ccc(C(C)=O)cc1COC(=O)c1ccc2c(c1[N+](=O)[O-])C(=O)c1ccccc1C2=O. The van der Waals surface area contributed by atoms with Crippen LogP contribution in [-0.4, -0.2) is 35.4 Å². The molecule has 0 amide bonds. The van der Waals surface area contributed by atoms with E-state index in [4.69, 9.17) is 9.47 Å². The molecule has 9 nitrogen and oxygen atoms in total. The molecule has 0 radical (unpaired) electrons. The zero-order valence-corrected chi connectivity index (χ0v) is 18.1. The highest BCUT2D eigenvalue weighted by Crippen LogP contribution is 2.36. The van der Waals surface area contributed by atoms with Crippen LogP contribution in [0.25, 0.3) is 0 Å². The fraction of sp³-hybridized carbons (Fsp3) is 0.120. The summed E-state index contributed by atoms with van der Waals surface area (Å²) >= 11 is 0. The van der Waals surface area contributed by atoms with Crippen LogP contribution in [0.3, 0.4) is 0 Å². The summed E-state index contributed by atoms with van der Waals surface area (Å²) in [5.41, 5.74) is -0.937. The smallest absolute Gasteiger partial charge is 0.345 e. The first kappa shape index (κ1) is 22.5. The minimum absolute atomic E-state index is 0.0272. The van der Waals surface area contributed by atoms with E-state index in [9.17, 15) is 29.3 Å². The van der Waals surface area contributed by atoms with E-state index in [1.807, 2.05) is 0 Å². The van der Waals surface area contributed by atoms with Crippen molar-refractivity contribution in [2.45, 2.75) is 13.5 Å². The molecule has 0 saturated heterocycles. The maximum Gasteiger partial charge on any atom is 0.345 e. The van der Waals surface area contributed by atoms with Crippen LogP contribution in [0.5, 0.6) is 5.75 Å². The number of nitro benzene ring substituents is 1. The van der Waals surface area contributed by atoms with Crippen molar-refractivity contribution in [2.24, 2.45) is 0 Å².